The van der Waals surface area contributed by atoms with Crippen LogP contribution in [0.2, 0.25) is 0 Å². The Labute approximate surface area is 91.1 Å². The lowest BCUT2D eigenvalue weighted by molar-refractivity contribution is -0.128. The van der Waals surface area contributed by atoms with E-state index in [1.54, 1.807) is 19.0 Å². The van der Waals surface area contributed by atoms with Gasteiger partial charge in [-0.1, -0.05) is 18.2 Å². The molecule has 0 saturated carbocycles. The Bertz CT molecular complexity index is 309. The molecular weight excluding hydrogens is 188 g/mol. The summed E-state index contributed by atoms with van der Waals surface area (Å²) in [6.45, 7) is 2.01. The first-order valence-electron chi connectivity index (χ1n) is 5.11. The molecule has 0 saturated heterocycles. The summed E-state index contributed by atoms with van der Waals surface area (Å²) in [5.41, 5.74) is 1.05. The Balaban J connectivity index is 2.43. The first-order valence-corrected chi connectivity index (χ1v) is 5.11. The third-order valence-corrected chi connectivity index (χ3v) is 2.17. The van der Waals surface area contributed by atoms with E-state index in [0.29, 0.717) is 6.42 Å². The zero-order chi connectivity index (χ0) is 11.3. The second kappa shape index (κ2) is 5.39. The third-order valence-electron chi connectivity index (χ3n) is 2.17. The maximum Gasteiger partial charge on any atom is 0.224 e. The fourth-order valence-electron chi connectivity index (χ4n) is 1.31. The molecule has 1 amide bonds. The number of hydrogen-bond acceptors (Lipinski definition) is 2. The van der Waals surface area contributed by atoms with Gasteiger partial charge in [0.25, 0.3) is 0 Å². The molecular formula is C12H18N2O. The molecule has 3 nitrogen and oxygen atoms in total. The Morgan fingerprint density at radius 2 is 1.93 bits per heavy atom. The summed E-state index contributed by atoms with van der Waals surface area (Å²) in [5, 5.41) is 3.28. The highest BCUT2D eigenvalue weighted by Gasteiger charge is 2.09. The number of benzene rings is 1. The molecule has 82 valence electrons. The van der Waals surface area contributed by atoms with Crippen LogP contribution in [0.25, 0.3) is 0 Å². The van der Waals surface area contributed by atoms with Crippen molar-refractivity contribution >= 4 is 11.6 Å². The van der Waals surface area contributed by atoms with Crippen LogP contribution >= 0.6 is 0 Å². The van der Waals surface area contributed by atoms with E-state index in [-0.39, 0.29) is 11.9 Å². The number of para-hydroxylation sites is 1. The molecule has 0 unspecified atom stereocenters. The van der Waals surface area contributed by atoms with Crippen molar-refractivity contribution in [3.8, 4) is 0 Å². The van der Waals surface area contributed by atoms with Gasteiger partial charge < -0.3 is 10.2 Å². The third kappa shape index (κ3) is 4.02. The van der Waals surface area contributed by atoms with Crippen molar-refractivity contribution in [2.24, 2.45) is 0 Å². The largest absolute Gasteiger partial charge is 0.382 e. The average molecular weight is 206 g/mol. The van der Waals surface area contributed by atoms with Crippen molar-refractivity contribution in [1.29, 1.82) is 0 Å². The highest BCUT2D eigenvalue weighted by atomic mass is 16.2. The first-order chi connectivity index (χ1) is 7.09. The maximum absolute atomic E-state index is 11.4. The number of nitrogens with one attached hydrogen (secondary N) is 1. The molecule has 0 bridgehead atoms. The van der Waals surface area contributed by atoms with Gasteiger partial charge in [0.15, 0.2) is 0 Å². The van der Waals surface area contributed by atoms with Crippen LogP contribution in [0.15, 0.2) is 30.3 Å². The highest BCUT2D eigenvalue weighted by molar-refractivity contribution is 5.76. The fourth-order valence-corrected chi connectivity index (χ4v) is 1.31. The molecule has 15 heavy (non-hydrogen) atoms. The van der Waals surface area contributed by atoms with Crippen LogP contribution < -0.4 is 5.32 Å². The van der Waals surface area contributed by atoms with Gasteiger partial charge in [-0.3, -0.25) is 4.79 Å². The molecule has 0 radical (unpaired) electrons. The Hall–Kier alpha value is -1.51. The van der Waals surface area contributed by atoms with E-state index in [2.05, 4.69) is 5.32 Å². The van der Waals surface area contributed by atoms with Crippen molar-refractivity contribution in [2.45, 2.75) is 19.4 Å². The van der Waals surface area contributed by atoms with Gasteiger partial charge in [-0.05, 0) is 19.1 Å². The smallest absolute Gasteiger partial charge is 0.224 e. The van der Waals surface area contributed by atoms with Crippen LogP contribution in [-0.4, -0.2) is 30.9 Å². The van der Waals surface area contributed by atoms with Crippen molar-refractivity contribution in [1.82, 2.24) is 4.90 Å². The summed E-state index contributed by atoms with van der Waals surface area (Å²) < 4.78 is 0. The van der Waals surface area contributed by atoms with Gasteiger partial charge in [0.1, 0.15) is 0 Å². The van der Waals surface area contributed by atoms with Crippen molar-refractivity contribution in [3.63, 3.8) is 0 Å². The first kappa shape index (κ1) is 11.6. The van der Waals surface area contributed by atoms with Gasteiger partial charge in [0.2, 0.25) is 5.91 Å². The average Bonchev–Trinajstić information content (AvgIpc) is 2.18. The Morgan fingerprint density at radius 3 is 2.47 bits per heavy atom. The summed E-state index contributed by atoms with van der Waals surface area (Å²) in [7, 11) is 3.55. The zero-order valence-corrected chi connectivity index (χ0v) is 9.53. The lowest BCUT2D eigenvalue weighted by Gasteiger charge is -2.17. The standard InChI is InChI=1S/C12H18N2O/c1-10(9-12(15)14(2)3)13-11-7-5-4-6-8-11/h4-8,10,13H,9H2,1-3H3/t10-/m1/s1. The van der Waals surface area contributed by atoms with Crippen LogP contribution in [0.4, 0.5) is 5.69 Å². The minimum atomic E-state index is 0.144. The van der Waals surface area contributed by atoms with E-state index >= 15 is 0 Å². The van der Waals surface area contributed by atoms with Crippen molar-refractivity contribution in [3.05, 3.63) is 30.3 Å². The lowest BCUT2D eigenvalue weighted by Crippen LogP contribution is -2.28. The maximum atomic E-state index is 11.4. The molecule has 3 heteroatoms. The molecule has 0 spiro atoms. The van der Waals surface area contributed by atoms with E-state index in [1.807, 2.05) is 37.3 Å². The quantitative estimate of drug-likeness (QED) is 0.816. The van der Waals surface area contributed by atoms with Crippen LogP contribution in [-0.2, 0) is 4.79 Å². The normalized spacial score (nSPS) is 11.9. The summed E-state index contributed by atoms with van der Waals surface area (Å²) in [6, 6.07) is 10.1. The van der Waals surface area contributed by atoms with Gasteiger partial charge in [-0.15, -0.1) is 0 Å². The van der Waals surface area contributed by atoms with E-state index in [0.717, 1.165) is 5.69 Å². The molecule has 0 aliphatic carbocycles. The molecule has 1 rings (SSSR count). The number of amides is 1. The van der Waals surface area contributed by atoms with Gasteiger partial charge >= 0.3 is 0 Å². The summed E-state index contributed by atoms with van der Waals surface area (Å²) >= 11 is 0. The number of anilines is 1. The Kier molecular flexibility index (Phi) is 4.16. The topological polar surface area (TPSA) is 32.3 Å². The van der Waals surface area contributed by atoms with Crippen molar-refractivity contribution < 1.29 is 4.79 Å². The molecule has 1 aromatic rings. The monoisotopic (exact) mass is 206 g/mol. The summed E-state index contributed by atoms with van der Waals surface area (Å²) in [5.74, 6) is 0.144. The van der Waals surface area contributed by atoms with Crippen molar-refractivity contribution in [2.75, 3.05) is 19.4 Å². The fraction of sp³-hybridized carbons (Fsp3) is 0.417. The van der Waals surface area contributed by atoms with Gasteiger partial charge in [-0.25, -0.2) is 0 Å². The molecule has 0 aromatic heterocycles. The van der Waals surface area contributed by atoms with Crippen LogP contribution in [0.1, 0.15) is 13.3 Å². The minimum Gasteiger partial charge on any atom is -0.382 e. The molecule has 1 aromatic carbocycles. The molecule has 1 atom stereocenters. The molecule has 0 fully saturated rings. The molecule has 0 aliphatic heterocycles. The van der Waals surface area contributed by atoms with E-state index in [1.165, 1.54) is 0 Å². The van der Waals surface area contributed by atoms with Crippen LogP contribution in [0.3, 0.4) is 0 Å². The van der Waals surface area contributed by atoms with Gasteiger partial charge in [0.05, 0.1) is 0 Å². The van der Waals surface area contributed by atoms with E-state index < -0.39 is 0 Å². The number of carbonyl (C=O) groups is 1. The SMILES string of the molecule is C[C@H](CC(=O)N(C)C)Nc1ccccc1. The highest BCUT2D eigenvalue weighted by Crippen LogP contribution is 2.08. The summed E-state index contributed by atoms with van der Waals surface area (Å²) in [6.07, 6.45) is 0.516. The van der Waals surface area contributed by atoms with Crippen LogP contribution in [0, 0.1) is 0 Å². The second-order valence-electron chi connectivity index (χ2n) is 3.90. The predicted molar refractivity (Wildman–Crippen MR) is 62.8 cm³/mol. The minimum absolute atomic E-state index is 0.144. The van der Waals surface area contributed by atoms with Gasteiger partial charge in [0, 0.05) is 32.2 Å². The molecule has 0 heterocycles. The second-order valence-corrected chi connectivity index (χ2v) is 3.90. The van der Waals surface area contributed by atoms with E-state index in [9.17, 15) is 4.79 Å². The Morgan fingerprint density at radius 1 is 1.33 bits per heavy atom. The molecule has 0 aliphatic rings. The van der Waals surface area contributed by atoms with E-state index in [4.69, 9.17) is 0 Å². The number of hydrogen-bond donors (Lipinski definition) is 1. The number of rotatable bonds is 4. The zero-order valence-electron chi connectivity index (χ0n) is 9.53. The lowest BCUT2D eigenvalue weighted by atomic mass is 10.2. The summed E-state index contributed by atoms with van der Waals surface area (Å²) in [4.78, 5) is 13.0. The predicted octanol–water partition coefficient (Wildman–Crippen LogP) is 1.97. The number of carbonyl (C=O) groups excluding carboxylic acids is 1. The number of nitrogens with zero attached hydrogens (tertiary/aromatic N) is 1. The van der Waals surface area contributed by atoms with Gasteiger partial charge in [-0.2, -0.15) is 0 Å². The molecule has 1 N–H and O–H groups in total. The van der Waals surface area contributed by atoms with Crippen LogP contribution in [0.5, 0.6) is 0 Å².